The number of carbonyl (C=O) groups is 2. The average molecular weight is 335 g/mol. The topological polar surface area (TPSA) is 96.3 Å². The van der Waals surface area contributed by atoms with E-state index in [0.29, 0.717) is 25.4 Å². The van der Waals surface area contributed by atoms with Crippen LogP contribution in [0.5, 0.6) is 0 Å². The van der Waals surface area contributed by atoms with E-state index in [0.717, 1.165) is 5.56 Å². The highest BCUT2D eigenvalue weighted by Gasteiger charge is 2.26. The molecule has 130 valence electrons. The van der Waals surface area contributed by atoms with Gasteiger partial charge < -0.3 is 24.6 Å². The molecule has 1 aliphatic rings. The summed E-state index contributed by atoms with van der Waals surface area (Å²) in [5.74, 6) is -2.90. The zero-order valence-corrected chi connectivity index (χ0v) is 13.7. The first-order valence-electron chi connectivity index (χ1n) is 7.80. The Morgan fingerprint density at radius 2 is 1.79 bits per heavy atom. The molecule has 2 rings (SSSR count). The zero-order chi connectivity index (χ0) is 17.7. The Bertz CT molecular complexity index is 632. The smallest absolute Gasteiger partial charge is 0.344 e. The fourth-order valence-corrected chi connectivity index (χ4v) is 2.76. The molecule has 0 aromatic heterocycles. The summed E-state index contributed by atoms with van der Waals surface area (Å²) in [4.78, 5) is 24.4. The Morgan fingerprint density at radius 3 is 2.29 bits per heavy atom. The van der Waals surface area contributed by atoms with E-state index in [4.69, 9.17) is 9.47 Å². The van der Waals surface area contributed by atoms with Crippen LogP contribution < -0.4 is 4.90 Å². The molecule has 0 unspecified atom stereocenters. The maximum atomic E-state index is 11.4. The van der Waals surface area contributed by atoms with Crippen molar-refractivity contribution in [3.05, 3.63) is 41.1 Å². The Kier molecular flexibility index (Phi) is 5.94. The molecule has 2 N–H and O–H groups in total. The first-order valence-corrected chi connectivity index (χ1v) is 7.80. The number of allylic oxidation sites excluding steroid dienone is 1. The van der Waals surface area contributed by atoms with Crippen LogP contribution in [-0.4, -0.2) is 41.9 Å². The molecule has 24 heavy (non-hydrogen) atoms. The van der Waals surface area contributed by atoms with Gasteiger partial charge in [0.15, 0.2) is 11.9 Å². The number of hydrogen-bond acceptors (Lipinski definition) is 5. The van der Waals surface area contributed by atoms with Gasteiger partial charge in [0.25, 0.3) is 0 Å². The molecule has 1 aromatic carbocycles. The largest absolute Gasteiger partial charge is 0.477 e. The monoisotopic (exact) mass is 335 g/mol. The van der Waals surface area contributed by atoms with Crippen LogP contribution in [0, 0.1) is 0 Å². The lowest BCUT2D eigenvalue weighted by Crippen LogP contribution is -2.28. The fraction of sp³-hybridized carbons (Fsp3) is 0.412. The summed E-state index contributed by atoms with van der Waals surface area (Å²) in [6.45, 7) is 5.05. The van der Waals surface area contributed by atoms with E-state index >= 15 is 0 Å². The Morgan fingerprint density at radius 1 is 1.17 bits per heavy atom. The van der Waals surface area contributed by atoms with Crippen LogP contribution in [0.15, 0.2) is 35.5 Å². The van der Waals surface area contributed by atoms with Gasteiger partial charge in [-0.25, -0.2) is 9.59 Å². The van der Waals surface area contributed by atoms with Crippen molar-refractivity contribution in [1.29, 1.82) is 0 Å². The molecule has 7 nitrogen and oxygen atoms in total. The van der Waals surface area contributed by atoms with E-state index in [1.807, 2.05) is 25.1 Å². The lowest BCUT2D eigenvalue weighted by Gasteiger charge is -2.27. The molecule has 0 amide bonds. The van der Waals surface area contributed by atoms with Crippen molar-refractivity contribution in [3.63, 3.8) is 0 Å². The molecule has 1 heterocycles. The lowest BCUT2D eigenvalue weighted by molar-refractivity contribution is -0.140. The van der Waals surface area contributed by atoms with Crippen molar-refractivity contribution >= 4 is 17.6 Å². The first kappa shape index (κ1) is 18.0. The van der Waals surface area contributed by atoms with Crippen molar-refractivity contribution in [2.45, 2.75) is 26.6 Å². The summed E-state index contributed by atoms with van der Waals surface area (Å²) in [6.07, 6.45) is -0.168. The maximum absolute atomic E-state index is 11.4. The van der Waals surface area contributed by atoms with Crippen LogP contribution in [0.4, 0.5) is 5.69 Å². The minimum Gasteiger partial charge on any atom is -0.477 e. The van der Waals surface area contributed by atoms with E-state index in [1.165, 1.54) is 0 Å². The molecule has 1 aliphatic heterocycles. The maximum Gasteiger partial charge on any atom is 0.344 e. The average Bonchev–Trinajstić information content (AvgIpc) is 3.08. The zero-order valence-electron chi connectivity index (χ0n) is 13.7. The molecular formula is C17H21NO6. The van der Waals surface area contributed by atoms with Crippen molar-refractivity contribution in [3.8, 4) is 0 Å². The fourth-order valence-electron chi connectivity index (χ4n) is 2.76. The Hall–Kier alpha value is -2.38. The van der Waals surface area contributed by atoms with Gasteiger partial charge in [-0.3, -0.25) is 0 Å². The van der Waals surface area contributed by atoms with E-state index in [1.54, 1.807) is 17.9 Å². The summed E-state index contributed by atoms with van der Waals surface area (Å²) < 4.78 is 11.0. The molecule has 0 atom stereocenters. The minimum atomic E-state index is -1.45. The number of carboxylic acid groups (broad SMARTS) is 2. The first-order chi connectivity index (χ1) is 11.5. The van der Waals surface area contributed by atoms with E-state index in [2.05, 4.69) is 0 Å². The molecular weight excluding hydrogens is 314 g/mol. The Balaban J connectivity index is 2.46. The normalized spacial score (nSPS) is 14.4. The van der Waals surface area contributed by atoms with E-state index < -0.39 is 23.8 Å². The highest BCUT2D eigenvalue weighted by Crippen LogP contribution is 2.29. The van der Waals surface area contributed by atoms with Crippen LogP contribution in [0.25, 0.3) is 0 Å². The molecule has 1 aromatic rings. The molecule has 0 saturated carbocycles. The standard InChI is InChI=1S/C17H21NO6/c1-3-13(14(15(19)20)16(21)22)18(4-2)12-7-5-6-11(10-12)17-23-8-9-24-17/h5-7,10,17H,3-4,8-9H2,1-2H3,(H,19,20)(H,21,22). The number of aliphatic carboxylic acids is 2. The van der Waals surface area contributed by atoms with Crippen LogP contribution in [0.3, 0.4) is 0 Å². The summed E-state index contributed by atoms with van der Waals surface area (Å²) in [5, 5.41) is 18.5. The van der Waals surface area contributed by atoms with Gasteiger partial charge in [0.05, 0.1) is 13.2 Å². The predicted molar refractivity (Wildman–Crippen MR) is 86.7 cm³/mol. The van der Waals surface area contributed by atoms with Gasteiger partial charge in [-0.2, -0.15) is 0 Å². The molecule has 7 heteroatoms. The molecule has 0 aliphatic carbocycles. The van der Waals surface area contributed by atoms with Crippen LogP contribution >= 0.6 is 0 Å². The second-order valence-corrected chi connectivity index (χ2v) is 5.20. The van der Waals surface area contributed by atoms with Gasteiger partial charge in [0.1, 0.15) is 0 Å². The second kappa shape index (κ2) is 7.94. The van der Waals surface area contributed by atoms with Crippen molar-refractivity contribution in [2.75, 3.05) is 24.7 Å². The number of nitrogens with zero attached hydrogens (tertiary/aromatic N) is 1. The Labute approximate surface area is 140 Å². The van der Waals surface area contributed by atoms with Crippen molar-refractivity contribution < 1.29 is 29.3 Å². The molecule has 0 bridgehead atoms. The number of rotatable bonds is 7. The summed E-state index contributed by atoms with van der Waals surface area (Å²) in [5.41, 5.74) is 1.15. The third kappa shape index (κ3) is 3.74. The summed E-state index contributed by atoms with van der Waals surface area (Å²) in [7, 11) is 0. The SMILES string of the molecule is CCC(=C(C(=O)O)C(=O)O)N(CC)c1cccc(C2OCCO2)c1. The van der Waals surface area contributed by atoms with Crippen molar-refractivity contribution in [1.82, 2.24) is 0 Å². The van der Waals surface area contributed by atoms with Gasteiger partial charge in [0, 0.05) is 23.5 Å². The third-order valence-electron chi connectivity index (χ3n) is 3.77. The quantitative estimate of drug-likeness (QED) is 0.448. The van der Waals surface area contributed by atoms with Crippen LogP contribution in [-0.2, 0) is 19.1 Å². The van der Waals surface area contributed by atoms with E-state index in [9.17, 15) is 19.8 Å². The number of ether oxygens (including phenoxy) is 2. The molecule has 0 spiro atoms. The highest BCUT2D eigenvalue weighted by molar-refractivity contribution is 6.13. The van der Waals surface area contributed by atoms with Crippen molar-refractivity contribution in [2.24, 2.45) is 0 Å². The lowest BCUT2D eigenvalue weighted by atomic mass is 10.1. The number of benzene rings is 1. The van der Waals surface area contributed by atoms with Gasteiger partial charge in [-0.05, 0) is 25.5 Å². The second-order valence-electron chi connectivity index (χ2n) is 5.20. The van der Waals surface area contributed by atoms with Gasteiger partial charge in [0.2, 0.25) is 0 Å². The molecule has 1 fully saturated rings. The molecule has 0 radical (unpaired) electrons. The number of hydrogen-bond donors (Lipinski definition) is 2. The predicted octanol–water partition coefficient (Wildman–Crippen LogP) is 2.39. The summed E-state index contributed by atoms with van der Waals surface area (Å²) in [6, 6.07) is 7.31. The minimum absolute atomic E-state index is 0.253. The summed E-state index contributed by atoms with van der Waals surface area (Å²) >= 11 is 0. The van der Waals surface area contributed by atoms with Gasteiger partial charge in [-0.1, -0.05) is 19.1 Å². The van der Waals surface area contributed by atoms with Gasteiger partial charge >= 0.3 is 11.9 Å². The number of anilines is 1. The highest BCUT2D eigenvalue weighted by atomic mass is 16.7. The third-order valence-corrected chi connectivity index (χ3v) is 3.77. The number of carboxylic acids is 2. The van der Waals surface area contributed by atoms with Crippen LogP contribution in [0.1, 0.15) is 32.1 Å². The molecule has 1 saturated heterocycles. The van der Waals surface area contributed by atoms with Gasteiger partial charge in [-0.15, -0.1) is 0 Å². The van der Waals surface area contributed by atoms with Crippen LogP contribution in [0.2, 0.25) is 0 Å². The van der Waals surface area contributed by atoms with E-state index in [-0.39, 0.29) is 12.1 Å².